The fraction of sp³-hybridized carbons (Fsp3) is 0.111. The summed E-state index contributed by atoms with van der Waals surface area (Å²) in [5, 5.41) is 4.44. The zero-order chi connectivity index (χ0) is 9.97. The summed E-state index contributed by atoms with van der Waals surface area (Å²) in [5.74, 6) is 0.989. The molecule has 2 rings (SSSR count). The van der Waals surface area contributed by atoms with E-state index >= 15 is 0 Å². The molecule has 0 aromatic carbocycles. The third-order valence-corrected chi connectivity index (χ3v) is 1.99. The molecule has 0 bridgehead atoms. The molecule has 14 heavy (non-hydrogen) atoms. The molecular weight excluding hydrogens is 202 g/mol. The molecule has 0 atom stereocenters. The number of aromatic nitrogens is 3. The molecule has 0 saturated carbocycles. The number of pyridine rings is 1. The molecule has 5 heteroatoms. The molecule has 0 aliphatic carbocycles. The van der Waals surface area contributed by atoms with Crippen LogP contribution in [0.3, 0.4) is 0 Å². The monoisotopic (exact) mass is 209 g/mol. The minimum absolute atomic E-state index is 0.387. The van der Waals surface area contributed by atoms with Crippen LogP contribution in [0.1, 0.15) is 0 Å². The first kappa shape index (κ1) is 9.02. The van der Waals surface area contributed by atoms with E-state index in [-0.39, 0.29) is 0 Å². The van der Waals surface area contributed by atoms with Crippen molar-refractivity contribution in [2.24, 2.45) is 7.05 Å². The van der Waals surface area contributed by atoms with Gasteiger partial charge in [0.05, 0.1) is 6.20 Å². The summed E-state index contributed by atoms with van der Waals surface area (Å²) < 4.78 is 7.04. The van der Waals surface area contributed by atoms with Crippen molar-refractivity contribution in [2.75, 3.05) is 0 Å². The van der Waals surface area contributed by atoms with Gasteiger partial charge in [0.2, 0.25) is 11.8 Å². The molecule has 0 radical (unpaired) electrons. The SMILES string of the molecule is Cn1nccc1Oc1ncccc1Cl. The first-order valence-corrected chi connectivity index (χ1v) is 4.41. The van der Waals surface area contributed by atoms with Crippen LogP contribution < -0.4 is 4.74 Å². The van der Waals surface area contributed by atoms with Crippen LogP contribution in [-0.4, -0.2) is 14.8 Å². The normalized spacial score (nSPS) is 10.1. The van der Waals surface area contributed by atoms with Gasteiger partial charge in [0.1, 0.15) is 5.02 Å². The van der Waals surface area contributed by atoms with Gasteiger partial charge in [-0.15, -0.1) is 0 Å². The van der Waals surface area contributed by atoms with Crippen LogP contribution >= 0.6 is 11.6 Å². The van der Waals surface area contributed by atoms with Gasteiger partial charge in [0.25, 0.3) is 0 Å². The van der Waals surface area contributed by atoms with Crippen molar-refractivity contribution in [3.8, 4) is 11.8 Å². The lowest BCUT2D eigenvalue weighted by molar-refractivity contribution is 0.416. The van der Waals surface area contributed by atoms with Gasteiger partial charge in [-0.05, 0) is 12.1 Å². The Morgan fingerprint density at radius 1 is 1.36 bits per heavy atom. The number of aryl methyl sites for hydroxylation is 1. The average Bonchev–Trinajstić information content (AvgIpc) is 2.56. The number of hydrogen-bond donors (Lipinski definition) is 0. The molecule has 72 valence electrons. The van der Waals surface area contributed by atoms with E-state index in [9.17, 15) is 0 Å². The summed E-state index contributed by atoms with van der Waals surface area (Å²) >= 11 is 5.88. The van der Waals surface area contributed by atoms with E-state index in [1.807, 2.05) is 0 Å². The first-order valence-electron chi connectivity index (χ1n) is 4.04. The van der Waals surface area contributed by atoms with Crippen molar-refractivity contribution in [3.63, 3.8) is 0 Å². The fourth-order valence-electron chi connectivity index (χ4n) is 1.01. The van der Waals surface area contributed by atoms with Crippen LogP contribution in [0, 0.1) is 0 Å². The Bertz CT molecular complexity index is 441. The van der Waals surface area contributed by atoms with Crippen molar-refractivity contribution in [2.45, 2.75) is 0 Å². The second-order valence-corrected chi connectivity index (χ2v) is 3.09. The average molecular weight is 210 g/mol. The second-order valence-electron chi connectivity index (χ2n) is 2.69. The minimum atomic E-state index is 0.387. The van der Waals surface area contributed by atoms with Gasteiger partial charge in [-0.25, -0.2) is 9.67 Å². The van der Waals surface area contributed by atoms with Gasteiger partial charge < -0.3 is 4.74 Å². The van der Waals surface area contributed by atoms with E-state index in [1.54, 1.807) is 42.3 Å². The van der Waals surface area contributed by atoms with E-state index < -0.39 is 0 Å². The highest BCUT2D eigenvalue weighted by atomic mass is 35.5. The Morgan fingerprint density at radius 2 is 2.21 bits per heavy atom. The summed E-state index contributed by atoms with van der Waals surface area (Å²) in [7, 11) is 1.78. The first-order chi connectivity index (χ1) is 6.77. The lowest BCUT2D eigenvalue weighted by atomic mass is 10.5. The van der Waals surface area contributed by atoms with Gasteiger partial charge in [0.15, 0.2) is 0 Å². The highest BCUT2D eigenvalue weighted by Crippen LogP contribution is 2.25. The molecule has 0 unspecified atom stereocenters. The van der Waals surface area contributed by atoms with Crippen LogP contribution in [0.25, 0.3) is 0 Å². The minimum Gasteiger partial charge on any atom is -0.419 e. The standard InChI is InChI=1S/C9H8ClN3O/c1-13-8(4-6-12-13)14-9-7(10)3-2-5-11-9/h2-6H,1H3. The predicted octanol–water partition coefficient (Wildman–Crippen LogP) is 2.26. The zero-order valence-corrected chi connectivity index (χ0v) is 8.27. The number of ether oxygens (including phenoxy) is 1. The van der Waals surface area contributed by atoms with E-state index in [1.165, 1.54) is 0 Å². The Kier molecular flexibility index (Phi) is 2.37. The topological polar surface area (TPSA) is 39.9 Å². The molecule has 2 heterocycles. The second kappa shape index (κ2) is 3.67. The number of hydrogen-bond acceptors (Lipinski definition) is 3. The van der Waals surface area contributed by atoms with Crippen molar-refractivity contribution in [1.82, 2.24) is 14.8 Å². The summed E-state index contributed by atoms with van der Waals surface area (Å²) in [6, 6.07) is 5.21. The molecule has 0 amide bonds. The largest absolute Gasteiger partial charge is 0.419 e. The van der Waals surface area contributed by atoms with Crippen LogP contribution in [0.5, 0.6) is 11.8 Å². The summed E-state index contributed by atoms with van der Waals surface area (Å²) in [5.41, 5.74) is 0. The molecule has 2 aromatic rings. The Hall–Kier alpha value is -1.55. The Balaban J connectivity index is 2.28. The fourth-order valence-corrected chi connectivity index (χ4v) is 1.17. The van der Waals surface area contributed by atoms with Crippen molar-refractivity contribution in [1.29, 1.82) is 0 Å². The van der Waals surface area contributed by atoms with Crippen LogP contribution in [0.2, 0.25) is 5.02 Å². The molecule has 0 spiro atoms. The lowest BCUT2D eigenvalue weighted by Gasteiger charge is -2.04. The smallest absolute Gasteiger partial charge is 0.240 e. The molecule has 0 aliphatic rings. The van der Waals surface area contributed by atoms with E-state index in [2.05, 4.69) is 10.1 Å². The highest BCUT2D eigenvalue weighted by molar-refractivity contribution is 6.31. The van der Waals surface area contributed by atoms with Crippen molar-refractivity contribution in [3.05, 3.63) is 35.6 Å². The summed E-state index contributed by atoms with van der Waals surface area (Å²) in [6.45, 7) is 0. The molecule has 0 aliphatic heterocycles. The molecule has 0 N–H and O–H groups in total. The van der Waals surface area contributed by atoms with Crippen LogP contribution in [0.15, 0.2) is 30.6 Å². The van der Waals surface area contributed by atoms with E-state index in [4.69, 9.17) is 16.3 Å². The quantitative estimate of drug-likeness (QED) is 0.762. The van der Waals surface area contributed by atoms with Crippen molar-refractivity contribution < 1.29 is 4.74 Å². The van der Waals surface area contributed by atoms with Gasteiger partial charge in [0, 0.05) is 19.3 Å². The zero-order valence-electron chi connectivity index (χ0n) is 7.51. The molecule has 0 fully saturated rings. The highest BCUT2D eigenvalue weighted by Gasteiger charge is 2.05. The molecule has 4 nitrogen and oxygen atoms in total. The molecule has 0 saturated heterocycles. The van der Waals surface area contributed by atoms with Gasteiger partial charge >= 0.3 is 0 Å². The lowest BCUT2D eigenvalue weighted by Crippen LogP contribution is -1.96. The van der Waals surface area contributed by atoms with Crippen LogP contribution in [-0.2, 0) is 7.05 Å². The number of nitrogens with zero attached hydrogens (tertiary/aromatic N) is 3. The number of rotatable bonds is 2. The number of halogens is 1. The van der Waals surface area contributed by atoms with E-state index in [0.29, 0.717) is 16.8 Å². The summed E-state index contributed by atoms with van der Waals surface area (Å²) in [4.78, 5) is 4.00. The summed E-state index contributed by atoms with van der Waals surface area (Å²) in [6.07, 6.45) is 3.27. The van der Waals surface area contributed by atoms with Gasteiger partial charge in [-0.2, -0.15) is 5.10 Å². The third kappa shape index (κ3) is 1.70. The van der Waals surface area contributed by atoms with Crippen LogP contribution in [0.4, 0.5) is 0 Å². The van der Waals surface area contributed by atoms with Gasteiger partial charge in [-0.3, -0.25) is 0 Å². The maximum Gasteiger partial charge on any atom is 0.240 e. The van der Waals surface area contributed by atoms with Gasteiger partial charge in [-0.1, -0.05) is 11.6 Å². The van der Waals surface area contributed by atoms with E-state index in [0.717, 1.165) is 0 Å². The molecule has 2 aromatic heterocycles. The Morgan fingerprint density at radius 3 is 2.86 bits per heavy atom. The Labute approximate surface area is 86.1 Å². The molecular formula is C9H8ClN3O. The predicted molar refractivity (Wildman–Crippen MR) is 52.5 cm³/mol. The third-order valence-electron chi connectivity index (χ3n) is 1.70. The van der Waals surface area contributed by atoms with Crippen molar-refractivity contribution >= 4 is 11.6 Å². The maximum absolute atomic E-state index is 5.88. The maximum atomic E-state index is 5.88.